The van der Waals surface area contributed by atoms with E-state index in [9.17, 15) is 0 Å². The average Bonchev–Trinajstić information content (AvgIpc) is 3.33. The van der Waals surface area contributed by atoms with Crippen molar-refractivity contribution in [3.63, 3.8) is 0 Å². The molecule has 1 atom stereocenters. The molecule has 0 radical (unpaired) electrons. The van der Waals surface area contributed by atoms with Crippen molar-refractivity contribution in [1.29, 1.82) is 0 Å². The van der Waals surface area contributed by atoms with Crippen LogP contribution in [0.3, 0.4) is 0 Å². The Bertz CT molecular complexity index is 1170. The molecule has 0 saturated carbocycles. The van der Waals surface area contributed by atoms with Gasteiger partial charge in [-0.2, -0.15) is 0 Å². The number of anilines is 1. The summed E-state index contributed by atoms with van der Waals surface area (Å²) < 4.78 is 6.01. The van der Waals surface area contributed by atoms with Gasteiger partial charge in [0.2, 0.25) is 5.96 Å². The van der Waals surface area contributed by atoms with Gasteiger partial charge in [0.25, 0.3) is 0 Å². The first-order valence-electron chi connectivity index (χ1n) is 12.7. The molecule has 5 rings (SSSR count). The van der Waals surface area contributed by atoms with Crippen LogP contribution in [0.2, 0.25) is 0 Å². The summed E-state index contributed by atoms with van der Waals surface area (Å²) in [5.41, 5.74) is 14.9. The van der Waals surface area contributed by atoms with E-state index < -0.39 is 0 Å². The van der Waals surface area contributed by atoms with Crippen LogP contribution < -0.4 is 20.9 Å². The van der Waals surface area contributed by atoms with E-state index in [1.807, 2.05) is 24.3 Å². The lowest BCUT2D eigenvalue weighted by Crippen LogP contribution is -2.46. The van der Waals surface area contributed by atoms with Crippen molar-refractivity contribution < 1.29 is 4.74 Å². The van der Waals surface area contributed by atoms with Crippen molar-refractivity contribution in [2.45, 2.75) is 52.4 Å². The van der Waals surface area contributed by atoms with Crippen molar-refractivity contribution in [1.82, 2.24) is 15.8 Å². The second-order valence-electron chi connectivity index (χ2n) is 10.3. The zero-order valence-electron chi connectivity index (χ0n) is 21.4. The Labute approximate surface area is 209 Å². The molecule has 2 aliphatic heterocycles. The highest BCUT2D eigenvalue weighted by Crippen LogP contribution is 2.42. The van der Waals surface area contributed by atoms with E-state index in [4.69, 9.17) is 9.73 Å². The van der Waals surface area contributed by atoms with Gasteiger partial charge in [0.05, 0.1) is 11.4 Å². The van der Waals surface area contributed by atoms with Gasteiger partial charge in [-0.15, -0.1) is 0 Å². The molecular weight excluding hydrogens is 434 g/mol. The Morgan fingerprint density at radius 2 is 1.77 bits per heavy atom. The summed E-state index contributed by atoms with van der Waals surface area (Å²) in [6.07, 6.45) is 5.88. The molecular formula is C29H37N5O. The smallest absolute Gasteiger partial charge is 0.220 e. The number of ether oxygens (including phenoxy) is 1. The second kappa shape index (κ2) is 9.78. The summed E-state index contributed by atoms with van der Waals surface area (Å²) >= 11 is 0. The number of aryl methyl sites for hydroxylation is 2. The molecule has 184 valence electrons. The summed E-state index contributed by atoms with van der Waals surface area (Å²) in [4.78, 5) is 7.39. The molecule has 2 aromatic rings. The third kappa shape index (κ3) is 5.08. The summed E-state index contributed by atoms with van der Waals surface area (Å²) in [6, 6.07) is 14.6. The molecule has 2 heterocycles. The molecule has 1 saturated heterocycles. The fourth-order valence-corrected chi connectivity index (χ4v) is 5.85. The molecule has 0 spiro atoms. The molecule has 1 unspecified atom stereocenters. The first-order chi connectivity index (χ1) is 16.9. The molecule has 0 amide bonds. The first kappa shape index (κ1) is 23.5. The van der Waals surface area contributed by atoms with Crippen molar-refractivity contribution in [3.8, 4) is 5.75 Å². The summed E-state index contributed by atoms with van der Waals surface area (Å²) in [7, 11) is 0. The quantitative estimate of drug-likeness (QED) is 0.542. The number of benzene rings is 2. The van der Waals surface area contributed by atoms with Gasteiger partial charge in [0.1, 0.15) is 12.4 Å². The van der Waals surface area contributed by atoms with Crippen LogP contribution in [0.15, 0.2) is 70.5 Å². The molecule has 2 aromatic carbocycles. The fourth-order valence-electron chi connectivity index (χ4n) is 5.85. The predicted molar refractivity (Wildman–Crippen MR) is 144 cm³/mol. The second-order valence-corrected chi connectivity index (χ2v) is 10.3. The third-order valence-electron chi connectivity index (χ3n) is 7.32. The molecule has 3 N–H and O–H groups in total. The predicted octanol–water partition coefficient (Wildman–Crippen LogP) is 5.17. The number of fused-ring (bicyclic) bond motifs is 1. The number of aliphatic imine (C=N–C) groups is 1. The summed E-state index contributed by atoms with van der Waals surface area (Å²) in [5.74, 6) is 1.55. The Kier molecular flexibility index (Phi) is 6.56. The molecule has 6 heteroatoms. The maximum atomic E-state index is 6.01. The summed E-state index contributed by atoms with van der Waals surface area (Å²) in [5, 5.41) is 3.40. The zero-order chi connectivity index (χ0) is 24.4. The number of allylic oxidation sites excluding steroid dienone is 2. The fraction of sp³-hybridized carbons (Fsp3) is 0.414. The highest BCUT2D eigenvalue weighted by molar-refractivity contribution is 5.95. The van der Waals surface area contributed by atoms with Crippen molar-refractivity contribution in [3.05, 3.63) is 82.2 Å². The largest absolute Gasteiger partial charge is 0.492 e. The maximum absolute atomic E-state index is 6.01. The number of hydrogen-bond donors (Lipinski definition) is 3. The minimum Gasteiger partial charge on any atom is -0.492 e. The van der Waals surface area contributed by atoms with Crippen molar-refractivity contribution in [2.75, 3.05) is 31.6 Å². The molecule has 0 bridgehead atoms. The average molecular weight is 472 g/mol. The van der Waals surface area contributed by atoms with Crippen molar-refractivity contribution >= 4 is 11.6 Å². The third-order valence-corrected chi connectivity index (χ3v) is 7.32. The number of guanidine groups is 1. The van der Waals surface area contributed by atoms with Crippen LogP contribution in [0, 0.1) is 13.8 Å². The standard InChI is InChI=1S/C29H37N5O/c1-20-9-7-10-21(2)26(20)29(4)18-22(3)27-25(19-29)32-33-28(31-27)30-23-11-8-12-24(17-23)35-16-15-34-13-5-6-14-34/h7-12,17,19,32H,5-6,13-16,18H2,1-4H3,(H2,30,31,33). The molecule has 35 heavy (non-hydrogen) atoms. The minimum absolute atomic E-state index is 0.0752. The lowest BCUT2D eigenvalue weighted by Gasteiger charge is -2.37. The molecule has 0 aromatic heterocycles. The monoisotopic (exact) mass is 471 g/mol. The van der Waals surface area contributed by atoms with Gasteiger partial charge in [-0.3, -0.25) is 15.8 Å². The van der Waals surface area contributed by atoms with Crippen LogP contribution in [0.5, 0.6) is 5.75 Å². The maximum Gasteiger partial charge on any atom is 0.220 e. The van der Waals surface area contributed by atoms with E-state index in [2.05, 4.69) is 73.0 Å². The van der Waals surface area contributed by atoms with Crippen molar-refractivity contribution in [2.24, 2.45) is 4.99 Å². The highest BCUT2D eigenvalue weighted by atomic mass is 16.5. The number of likely N-dealkylation sites (tertiary alicyclic amines) is 1. The Morgan fingerprint density at radius 3 is 2.54 bits per heavy atom. The van der Waals surface area contributed by atoms with Crippen LogP contribution in [-0.4, -0.2) is 37.1 Å². The van der Waals surface area contributed by atoms with E-state index >= 15 is 0 Å². The van der Waals surface area contributed by atoms with E-state index in [0.717, 1.165) is 35.8 Å². The van der Waals surface area contributed by atoms with Crippen LogP contribution >= 0.6 is 0 Å². The highest BCUT2D eigenvalue weighted by Gasteiger charge is 2.34. The van der Waals surface area contributed by atoms with Crippen LogP contribution in [0.4, 0.5) is 5.69 Å². The van der Waals surface area contributed by atoms with Crippen LogP contribution in [-0.2, 0) is 5.41 Å². The molecule has 1 fully saturated rings. The zero-order valence-corrected chi connectivity index (χ0v) is 21.4. The van der Waals surface area contributed by atoms with E-state index in [-0.39, 0.29) is 5.41 Å². The number of nitrogens with one attached hydrogen (secondary N) is 3. The SMILES string of the molecule is CC1=C2N=C(Nc3cccc(OCCN4CCCC4)c3)NNC2=CC(C)(c2c(C)cccc2C)C1. The lowest BCUT2D eigenvalue weighted by molar-refractivity contribution is 0.238. The normalized spacial score (nSPS) is 22.1. The number of hydrogen-bond acceptors (Lipinski definition) is 6. The molecule has 1 aliphatic carbocycles. The van der Waals surface area contributed by atoms with Gasteiger partial charge < -0.3 is 10.1 Å². The number of rotatable bonds is 6. The van der Waals surface area contributed by atoms with Gasteiger partial charge in [-0.1, -0.05) is 31.2 Å². The Morgan fingerprint density at radius 1 is 1.03 bits per heavy atom. The topological polar surface area (TPSA) is 60.9 Å². The van der Waals surface area contributed by atoms with E-state index in [0.29, 0.717) is 12.6 Å². The van der Waals surface area contributed by atoms with E-state index in [1.165, 1.54) is 48.2 Å². The molecule has 3 aliphatic rings. The van der Waals surface area contributed by atoms with E-state index in [1.54, 1.807) is 0 Å². The van der Waals surface area contributed by atoms with Gasteiger partial charge in [-0.25, -0.2) is 4.99 Å². The number of hydrazine groups is 1. The minimum atomic E-state index is -0.0752. The Balaban J connectivity index is 1.28. The van der Waals surface area contributed by atoms with Crippen LogP contribution in [0.1, 0.15) is 49.8 Å². The summed E-state index contributed by atoms with van der Waals surface area (Å²) in [6.45, 7) is 13.0. The van der Waals surface area contributed by atoms with Gasteiger partial charge >= 0.3 is 0 Å². The van der Waals surface area contributed by atoms with Gasteiger partial charge in [-0.05, 0) is 93.6 Å². The Hall–Kier alpha value is -3.25. The lowest BCUT2D eigenvalue weighted by atomic mass is 9.70. The first-order valence-corrected chi connectivity index (χ1v) is 12.7. The van der Waals surface area contributed by atoms with Gasteiger partial charge in [0.15, 0.2) is 0 Å². The number of nitrogens with zero attached hydrogens (tertiary/aromatic N) is 2. The molecule has 6 nitrogen and oxygen atoms in total. The van der Waals surface area contributed by atoms with Crippen LogP contribution in [0.25, 0.3) is 0 Å². The van der Waals surface area contributed by atoms with Gasteiger partial charge in [0, 0.05) is 23.7 Å².